The van der Waals surface area contributed by atoms with E-state index in [1.54, 1.807) is 6.08 Å². The molecule has 1 saturated heterocycles. The third-order valence-electron chi connectivity index (χ3n) is 4.97. The number of anilines is 1. The molecule has 0 bridgehead atoms. The van der Waals surface area contributed by atoms with Gasteiger partial charge in [0.05, 0.1) is 13.2 Å². The van der Waals surface area contributed by atoms with Gasteiger partial charge in [0.2, 0.25) is 0 Å². The maximum atomic E-state index is 12.5. The molecular weight excluding hydrogens is 346 g/mol. The second-order valence-corrected chi connectivity index (χ2v) is 6.83. The van der Waals surface area contributed by atoms with E-state index in [4.69, 9.17) is 4.74 Å². The summed E-state index contributed by atoms with van der Waals surface area (Å²) in [6.07, 6.45) is 3.51. The Morgan fingerprint density at radius 1 is 0.786 bits per heavy atom. The van der Waals surface area contributed by atoms with E-state index in [2.05, 4.69) is 29.2 Å². The number of allylic oxidation sites excluding steroid dienone is 1. The second-order valence-electron chi connectivity index (χ2n) is 6.83. The molecule has 1 aliphatic rings. The normalized spacial score (nSPS) is 14.4. The summed E-state index contributed by atoms with van der Waals surface area (Å²) >= 11 is 0. The zero-order valence-electron chi connectivity index (χ0n) is 15.8. The lowest BCUT2D eigenvalue weighted by Gasteiger charge is -2.28. The molecule has 4 rings (SSSR count). The fourth-order valence-corrected chi connectivity index (χ4v) is 3.34. The molecule has 3 aromatic rings. The molecule has 0 aromatic heterocycles. The smallest absolute Gasteiger partial charge is 0.185 e. The summed E-state index contributed by atoms with van der Waals surface area (Å²) in [7, 11) is 0. The van der Waals surface area contributed by atoms with Crippen molar-refractivity contribution in [3.05, 3.63) is 96.1 Å². The van der Waals surface area contributed by atoms with Crippen LogP contribution in [0.25, 0.3) is 17.2 Å². The molecule has 0 radical (unpaired) electrons. The maximum absolute atomic E-state index is 12.5. The molecule has 0 atom stereocenters. The van der Waals surface area contributed by atoms with E-state index in [9.17, 15) is 4.79 Å². The molecule has 0 amide bonds. The quantitative estimate of drug-likeness (QED) is 0.464. The Hall–Kier alpha value is -3.17. The highest BCUT2D eigenvalue weighted by atomic mass is 16.5. The summed E-state index contributed by atoms with van der Waals surface area (Å²) in [5, 5.41) is 0. The number of hydrogen-bond donors (Lipinski definition) is 0. The first-order chi connectivity index (χ1) is 13.8. The zero-order valence-corrected chi connectivity index (χ0v) is 15.8. The summed E-state index contributed by atoms with van der Waals surface area (Å²) in [5.41, 5.74) is 5.17. The Morgan fingerprint density at radius 3 is 2.11 bits per heavy atom. The monoisotopic (exact) mass is 369 g/mol. The number of hydrogen-bond acceptors (Lipinski definition) is 3. The van der Waals surface area contributed by atoms with Gasteiger partial charge in [-0.05, 0) is 34.9 Å². The van der Waals surface area contributed by atoms with Gasteiger partial charge < -0.3 is 9.64 Å². The van der Waals surface area contributed by atoms with Crippen molar-refractivity contribution in [3.63, 3.8) is 0 Å². The van der Waals surface area contributed by atoms with E-state index in [1.807, 2.05) is 60.7 Å². The summed E-state index contributed by atoms with van der Waals surface area (Å²) in [6, 6.07) is 26.2. The predicted molar refractivity (Wildman–Crippen MR) is 115 cm³/mol. The second kappa shape index (κ2) is 8.68. The first-order valence-electron chi connectivity index (χ1n) is 9.60. The van der Waals surface area contributed by atoms with E-state index >= 15 is 0 Å². The summed E-state index contributed by atoms with van der Waals surface area (Å²) < 4.78 is 5.39. The van der Waals surface area contributed by atoms with Gasteiger partial charge in [0, 0.05) is 24.3 Å². The Morgan fingerprint density at radius 2 is 1.43 bits per heavy atom. The summed E-state index contributed by atoms with van der Waals surface area (Å²) in [4.78, 5) is 14.8. The molecule has 0 saturated carbocycles. The molecule has 0 unspecified atom stereocenters. The average molecular weight is 369 g/mol. The Balaban J connectivity index is 1.41. The van der Waals surface area contributed by atoms with Crippen LogP contribution in [0, 0.1) is 0 Å². The van der Waals surface area contributed by atoms with Crippen LogP contribution in [-0.4, -0.2) is 32.1 Å². The highest BCUT2D eigenvalue weighted by molar-refractivity contribution is 6.07. The minimum atomic E-state index is 0.0110. The van der Waals surface area contributed by atoms with Crippen molar-refractivity contribution >= 4 is 17.5 Å². The number of carbonyl (C=O) groups excluding carboxylic acids is 1. The first kappa shape index (κ1) is 18.2. The van der Waals surface area contributed by atoms with Crippen molar-refractivity contribution < 1.29 is 9.53 Å². The molecule has 28 heavy (non-hydrogen) atoms. The fourth-order valence-electron chi connectivity index (χ4n) is 3.34. The average Bonchev–Trinajstić information content (AvgIpc) is 2.79. The predicted octanol–water partition coefficient (Wildman–Crippen LogP) is 5.09. The third-order valence-corrected chi connectivity index (χ3v) is 4.97. The zero-order chi connectivity index (χ0) is 19.2. The van der Waals surface area contributed by atoms with Gasteiger partial charge in [-0.25, -0.2) is 0 Å². The van der Waals surface area contributed by atoms with Crippen molar-refractivity contribution in [1.82, 2.24) is 0 Å². The van der Waals surface area contributed by atoms with Crippen LogP contribution in [0.4, 0.5) is 5.69 Å². The summed E-state index contributed by atoms with van der Waals surface area (Å²) in [6.45, 7) is 3.40. The number of ketones is 1. The number of benzene rings is 3. The Labute approximate surface area is 165 Å². The van der Waals surface area contributed by atoms with Crippen LogP contribution in [-0.2, 0) is 4.74 Å². The van der Waals surface area contributed by atoms with Gasteiger partial charge in [0.1, 0.15) is 0 Å². The number of ether oxygens (including phenoxy) is 1. The van der Waals surface area contributed by atoms with E-state index < -0.39 is 0 Å². The molecule has 3 aromatic carbocycles. The number of morpholine rings is 1. The molecule has 0 N–H and O–H groups in total. The molecule has 0 aliphatic carbocycles. The van der Waals surface area contributed by atoms with Crippen molar-refractivity contribution in [1.29, 1.82) is 0 Å². The van der Waals surface area contributed by atoms with Crippen LogP contribution < -0.4 is 4.90 Å². The lowest BCUT2D eigenvalue weighted by atomic mass is 10.0. The van der Waals surface area contributed by atoms with Gasteiger partial charge in [0.15, 0.2) is 5.78 Å². The van der Waals surface area contributed by atoms with Gasteiger partial charge in [-0.1, -0.05) is 72.8 Å². The standard InChI is InChI=1S/C25H23NO2/c27-25(23-11-9-22(10-12-23)21-4-2-1-3-5-21)15-8-20-6-13-24(14-7-20)26-16-18-28-19-17-26/h1-15H,16-19H2/b15-8+. The lowest BCUT2D eigenvalue weighted by molar-refractivity contribution is 0.104. The SMILES string of the molecule is O=C(/C=C/c1ccc(N2CCOCC2)cc1)c1ccc(-c2ccccc2)cc1. The molecular formula is C25H23NO2. The minimum Gasteiger partial charge on any atom is -0.378 e. The van der Waals surface area contributed by atoms with Crippen LogP contribution in [0.15, 0.2) is 84.9 Å². The molecule has 0 spiro atoms. The molecule has 1 fully saturated rings. The highest BCUT2D eigenvalue weighted by Gasteiger charge is 2.10. The molecule has 3 nitrogen and oxygen atoms in total. The van der Waals surface area contributed by atoms with Crippen LogP contribution >= 0.6 is 0 Å². The van der Waals surface area contributed by atoms with Crippen molar-refractivity contribution in [2.24, 2.45) is 0 Å². The van der Waals surface area contributed by atoms with Crippen LogP contribution in [0.1, 0.15) is 15.9 Å². The van der Waals surface area contributed by atoms with Gasteiger partial charge in [-0.15, -0.1) is 0 Å². The van der Waals surface area contributed by atoms with Crippen LogP contribution in [0.3, 0.4) is 0 Å². The van der Waals surface area contributed by atoms with Gasteiger partial charge in [0.25, 0.3) is 0 Å². The van der Waals surface area contributed by atoms with Crippen LogP contribution in [0.2, 0.25) is 0 Å². The lowest BCUT2D eigenvalue weighted by Crippen LogP contribution is -2.36. The molecule has 140 valence electrons. The van der Waals surface area contributed by atoms with Crippen molar-refractivity contribution in [2.75, 3.05) is 31.2 Å². The third kappa shape index (κ3) is 4.38. The van der Waals surface area contributed by atoms with Crippen molar-refractivity contribution in [2.45, 2.75) is 0 Å². The topological polar surface area (TPSA) is 29.5 Å². The number of nitrogens with zero attached hydrogens (tertiary/aromatic N) is 1. The fraction of sp³-hybridized carbons (Fsp3) is 0.160. The van der Waals surface area contributed by atoms with Crippen molar-refractivity contribution in [3.8, 4) is 11.1 Å². The van der Waals surface area contributed by atoms with Gasteiger partial charge in [-0.3, -0.25) is 4.79 Å². The summed E-state index contributed by atoms with van der Waals surface area (Å²) in [5.74, 6) is 0.0110. The maximum Gasteiger partial charge on any atom is 0.185 e. The number of carbonyl (C=O) groups is 1. The van der Waals surface area contributed by atoms with Gasteiger partial charge >= 0.3 is 0 Å². The number of rotatable bonds is 5. The Bertz CT molecular complexity index is 938. The molecule has 3 heteroatoms. The first-order valence-corrected chi connectivity index (χ1v) is 9.60. The molecule has 1 aliphatic heterocycles. The van der Waals surface area contributed by atoms with Gasteiger partial charge in [-0.2, -0.15) is 0 Å². The highest BCUT2D eigenvalue weighted by Crippen LogP contribution is 2.20. The minimum absolute atomic E-state index is 0.0110. The van der Waals surface area contributed by atoms with E-state index in [0.29, 0.717) is 5.56 Å². The van der Waals surface area contributed by atoms with Crippen LogP contribution in [0.5, 0.6) is 0 Å². The largest absolute Gasteiger partial charge is 0.378 e. The van der Waals surface area contributed by atoms with E-state index in [-0.39, 0.29) is 5.78 Å². The Kier molecular flexibility index (Phi) is 5.64. The van der Waals surface area contributed by atoms with E-state index in [0.717, 1.165) is 43.0 Å². The molecule has 1 heterocycles. The van der Waals surface area contributed by atoms with E-state index in [1.165, 1.54) is 5.69 Å².